The summed E-state index contributed by atoms with van der Waals surface area (Å²) in [6.45, 7) is 6.02. The number of hydrogen-bond acceptors (Lipinski definition) is 3. The van der Waals surface area contributed by atoms with Crippen LogP contribution < -0.4 is 0 Å². The minimum atomic E-state index is -0.248. The molecule has 1 rings (SSSR count). The van der Waals surface area contributed by atoms with Gasteiger partial charge in [-0.05, 0) is 32.4 Å². The Kier molecular flexibility index (Phi) is 3.47. The van der Waals surface area contributed by atoms with E-state index in [1.165, 1.54) is 6.26 Å². The first-order valence-corrected chi connectivity index (χ1v) is 4.76. The Balaban J connectivity index is 2.43. The molecule has 14 heavy (non-hydrogen) atoms. The molecule has 1 aromatic rings. The van der Waals surface area contributed by atoms with Crippen LogP contribution in [0.1, 0.15) is 37.7 Å². The highest BCUT2D eigenvalue weighted by molar-refractivity contribution is 5.94. The van der Waals surface area contributed by atoms with Gasteiger partial charge in [0.05, 0.1) is 11.9 Å². The first-order chi connectivity index (χ1) is 6.55. The first kappa shape index (κ1) is 11.0. The van der Waals surface area contributed by atoms with Crippen molar-refractivity contribution in [2.24, 2.45) is 0 Å². The highest BCUT2D eigenvalue weighted by atomic mass is 16.5. The number of hydrogen-bond donors (Lipinski definition) is 0. The van der Waals surface area contributed by atoms with Crippen LogP contribution in [0.15, 0.2) is 22.8 Å². The fraction of sp³-hybridized carbons (Fsp3) is 0.545. The number of carbonyl (C=O) groups excluding carboxylic acids is 1. The summed E-state index contributed by atoms with van der Waals surface area (Å²) in [5.74, 6) is 0.244. The zero-order valence-electron chi connectivity index (χ0n) is 8.87. The third-order valence-corrected chi connectivity index (χ3v) is 2.24. The second-order valence-corrected chi connectivity index (χ2v) is 3.80. The Labute approximate surface area is 84.1 Å². The summed E-state index contributed by atoms with van der Waals surface area (Å²) in [6, 6.07) is 3.34. The molecule has 0 aliphatic rings. The molecule has 0 saturated heterocycles. The number of Topliss-reactive ketones (excluding diaryl/α,β-unsaturated/α-hetero) is 1. The van der Waals surface area contributed by atoms with Crippen LogP contribution >= 0.6 is 0 Å². The number of carbonyl (C=O) groups is 1. The van der Waals surface area contributed by atoms with Crippen molar-refractivity contribution in [2.75, 3.05) is 6.61 Å². The maximum absolute atomic E-state index is 11.4. The molecular weight excluding hydrogens is 180 g/mol. The van der Waals surface area contributed by atoms with Crippen LogP contribution in [0.2, 0.25) is 0 Å². The minimum absolute atomic E-state index is 0.0777. The number of ketones is 1. The highest BCUT2D eigenvalue weighted by Gasteiger charge is 2.18. The predicted molar refractivity (Wildman–Crippen MR) is 53.4 cm³/mol. The molecule has 0 radical (unpaired) electrons. The van der Waals surface area contributed by atoms with Gasteiger partial charge in [0.2, 0.25) is 5.78 Å². The number of ether oxygens (including phenoxy) is 1. The molecule has 0 aliphatic heterocycles. The summed E-state index contributed by atoms with van der Waals surface area (Å²) >= 11 is 0. The molecule has 0 saturated carbocycles. The van der Waals surface area contributed by atoms with Gasteiger partial charge in [-0.15, -0.1) is 0 Å². The van der Waals surface area contributed by atoms with Gasteiger partial charge in [-0.2, -0.15) is 0 Å². The maximum atomic E-state index is 11.4. The monoisotopic (exact) mass is 196 g/mol. The van der Waals surface area contributed by atoms with Gasteiger partial charge in [0, 0.05) is 0 Å². The van der Waals surface area contributed by atoms with Crippen LogP contribution in [-0.2, 0) is 4.74 Å². The van der Waals surface area contributed by atoms with Crippen molar-refractivity contribution < 1.29 is 13.9 Å². The summed E-state index contributed by atoms with van der Waals surface area (Å²) in [5.41, 5.74) is -0.248. The average molecular weight is 196 g/mol. The van der Waals surface area contributed by atoms with Crippen LogP contribution in [0, 0.1) is 0 Å². The Hall–Kier alpha value is -1.09. The molecule has 0 aromatic carbocycles. The normalized spacial score (nSPS) is 11.6. The third-order valence-electron chi connectivity index (χ3n) is 2.24. The Bertz CT molecular complexity index is 285. The molecule has 3 heteroatoms. The van der Waals surface area contributed by atoms with Crippen molar-refractivity contribution in [1.29, 1.82) is 0 Å². The van der Waals surface area contributed by atoms with Crippen molar-refractivity contribution in [3.8, 4) is 0 Å². The second kappa shape index (κ2) is 4.42. The van der Waals surface area contributed by atoms with E-state index in [1.54, 1.807) is 12.1 Å². The van der Waals surface area contributed by atoms with E-state index >= 15 is 0 Å². The number of furan rings is 1. The summed E-state index contributed by atoms with van der Waals surface area (Å²) in [6.07, 6.45) is 2.36. The molecule has 3 nitrogen and oxygen atoms in total. The summed E-state index contributed by atoms with van der Waals surface area (Å²) in [5, 5.41) is 0. The largest absolute Gasteiger partial charge is 0.461 e. The lowest BCUT2D eigenvalue weighted by Crippen LogP contribution is -2.26. The molecule has 0 N–H and O–H groups in total. The van der Waals surface area contributed by atoms with Gasteiger partial charge in [-0.1, -0.05) is 6.92 Å². The topological polar surface area (TPSA) is 39.4 Å². The van der Waals surface area contributed by atoms with Crippen LogP contribution in [0.4, 0.5) is 0 Å². The molecule has 0 spiro atoms. The Morgan fingerprint density at radius 1 is 1.57 bits per heavy atom. The molecule has 78 valence electrons. The number of rotatable bonds is 5. The lowest BCUT2D eigenvalue weighted by Gasteiger charge is -2.22. The smallest absolute Gasteiger partial charge is 0.223 e. The zero-order valence-corrected chi connectivity index (χ0v) is 8.87. The van der Waals surface area contributed by atoms with E-state index in [9.17, 15) is 4.79 Å². The Morgan fingerprint density at radius 3 is 2.79 bits per heavy atom. The van der Waals surface area contributed by atoms with Crippen molar-refractivity contribution in [2.45, 2.75) is 32.8 Å². The van der Waals surface area contributed by atoms with Gasteiger partial charge in [-0.3, -0.25) is 4.79 Å². The summed E-state index contributed by atoms with van der Waals surface area (Å²) in [7, 11) is 0. The van der Waals surface area contributed by atoms with Crippen LogP contribution in [0.5, 0.6) is 0 Å². The van der Waals surface area contributed by atoms with E-state index in [-0.39, 0.29) is 18.0 Å². The first-order valence-electron chi connectivity index (χ1n) is 4.76. The van der Waals surface area contributed by atoms with E-state index in [0.29, 0.717) is 5.76 Å². The average Bonchev–Trinajstić information content (AvgIpc) is 2.67. The second-order valence-electron chi connectivity index (χ2n) is 3.80. The van der Waals surface area contributed by atoms with Crippen LogP contribution in [0.25, 0.3) is 0 Å². The van der Waals surface area contributed by atoms with Gasteiger partial charge in [-0.25, -0.2) is 0 Å². The molecule has 0 fully saturated rings. The highest BCUT2D eigenvalue weighted by Crippen LogP contribution is 2.14. The predicted octanol–water partition coefficient (Wildman–Crippen LogP) is 2.67. The summed E-state index contributed by atoms with van der Waals surface area (Å²) < 4.78 is 10.4. The molecule has 1 aromatic heterocycles. The standard InChI is InChI=1S/C11H16O3/c1-4-11(2,3)14-8-9(12)10-6-5-7-13-10/h5-7H,4,8H2,1-3H3. The lowest BCUT2D eigenvalue weighted by molar-refractivity contribution is -0.0130. The molecule has 0 aliphatic carbocycles. The van der Waals surface area contributed by atoms with Crippen LogP contribution in [0.3, 0.4) is 0 Å². The fourth-order valence-electron chi connectivity index (χ4n) is 0.871. The molecular formula is C11H16O3. The van der Waals surface area contributed by atoms with E-state index in [4.69, 9.17) is 9.15 Å². The quantitative estimate of drug-likeness (QED) is 0.679. The van der Waals surface area contributed by atoms with Crippen molar-refractivity contribution in [3.05, 3.63) is 24.2 Å². The van der Waals surface area contributed by atoms with Gasteiger partial charge in [0.1, 0.15) is 6.61 Å². The molecule has 1 heterocycles. The van der Waals surface area contributed by atoms with Gasteiger partial charge >= 0.3 is 0 Å². The van der Waals surface area contributed by atoms with E-state index in [2.05, 4.69) is 0 Å². The maximum Gasteiger partial charge on any atom is 0.223 e. The van der Waals surface area contributed by atoms with Gasteiger partial charge < -0.3 is 9.15 Å². The third kappa shape index (κ3) is 3.00. The molecule has 0 bridgehead atoms. The zero-order chi connectivity index (χ0) is 10.6. The fourth-order valence-corrected chi connectivity index (χ4v) is 0.871. The van der Waals surface area contributed by atoms with E-state index in [1.807, 2.05) is 20.8 Å². The molecule has 0 atom stereocenters. The molecule has 0 amide bonds. The SMILES string of the molecule is CCC(C)(C)OCC(=O)c1ccco1. The van der Waals surface area contributed by atoms with E-state index < -0.39 is 0 Å². The van der Waals surface area contributed by atoms with Crippen molar-refractivity contribution in [3.63, 3.8) is 0 Å². The van der Waals surface area contributed by atoms with Crippen molar-refractivity contribution in [1.82, 2.24) is 0 Å². The van der Waals surface area contributed by atoms with Crippen molar-refractivity contribution >= 4 is 5.78 Å². The minimum Gasteiger partial charge on any atom is -0.461 e. The van der Waals surface area contributed by atoms with Gasteiger partial charge in [0.15, 0.2) is 5.76 Å². The summed E-state index contributed by atoms with van der Waals surface area (Å²) in [4.78, 5) is 11.4. The Morgan fingerprint density at radius 2 is 2.29 bits per heavy atom. The van der Waals surface area contributed by atoms with Gasteiger partial charge in [0.25, 0.3) is 0 Å². The lowest BCUT2D eigenvalue weighted by atomic mass is 10.1. The van der Waals surface area contributed by atoms with E-state index in [0.717, 1.165) is 6.42 Å². The molecule has 0 unspecified atom stereocenters. The van der Waals surface area contributed by atoms with Crippen LogP contribution in [-0.4, -0.2) is 18.0 Å².